The summed E-state index contributed by atoms with van der Waals surface area (Å²) >= 11 is 4.88. The Morgan fingerprint density at radius 2 is 2.29 bits per heavy atom. The molecule has 0 bridgehead atoms. The van der Waals surface area contributed by atoms with E-state index >= 15 is 0 Å². The van der Waals surface area contributed by atoms with Crippen molar-refractivity contribution < 1.29 is 0 Å². The minimum Gasteiger partial charge on any atom is -0.248 e. The fourth-order valence-corrected chi connectivity index (χ4v) is 2.36. The molecule has 2 nitrogen and oxygen atoms in total. The van der Waals surface area contributed by atoms with Gasteiger partial charge in [0.1, 0.15) is 10.7 Å². The number of hydrogen-bond donors (Lipinski definition) is 0. The highest BCUT2D eigenvalue weighted by atomic mass is 79.9. The Kier molecular flexibility index (Phi) is 2.62. The highest BCUT2D eigenvalue weighted by Crippen LogP contribution is 2.30. The van der Waals surface area contributed by atoms with Crippen LogP contribution in [-0.4, -0.2) is 4.98 Å². The molecule has 14 heavy (non-hydrogen) atoms. The summed E-state index contributed by atoms with van der Waals surface area (Å²) in [7, 11) is 0. The van der Waals surface area contributed by atoms with Gasteiger partial charge in [-0.25, -0.2) is 4.98 Å². The van der Waals surface area contributed by atoms with E-state index in [2.05, 4.69) is 27.0 Å². The van der Waals surface area contributed by atoms with Crippen LogP contribution in [0, 0.1) is 11.3 Å². The molecule has 0 aromatic carbocycles. The van der Waals surface area contributed by atoms with Gasteiger partial charge in [0.05, 0.1) is 5.56 Å². The standard InChI is InChI=1S/C10H5BrN2S/c11-10-8(6-12)7(3-4-13-10)9-2-1-5-14-9/h1-5H. The third-order valence-corrected chi connectivity index (χ3v) is 3.31. The number of pyridine rings is 1. The maximum Gasteiger partial charge on any atom is 0.124 e. The maximum absolute atomic E-state index is 8.98. The molecule has 4 heteroatoms. The Morgan fingerprint density at radius 1 is 1.43 bits per heavy atom. The van der Waals surface area contributed by atoms with Crippen LogP contribution in [0.5, 0.6) is 0 Å². The van der Waals surface area contributed by atoms with Gasteiger partial charge in [-0.1, -0.05) is 6.07 Å². The molecule has 0 N–H and O–H groups in total. The van der Waals surface area contributed by atoms with Gasteiger partial charge >= 0.3 is 0 Å². The van der Waals surface area contributed by atoms with Crippen LogP contribution in [0.2, 0.25) is 0 Å². The van der Waals surface area contributed by atoms with E-state index in [0.717, 1.165) is 10.4 Å². The molecule has 0 amide bonds. The molecule has 2 aromatic heterocycles. The van der Waals surface area contributed by atoms with E-state index in [9.17, 15) is 0 Å². The van der Waals surface area contributed by atoms with Crippen molar-refractivity contribution in [2.24, 2.45) is 0 Å². The summed E-state index contributed by atoms with van der Waals surface area (Å²) in [6.45, 7) is 0. The summed E-state index contributed by atoms with van der Waals surface area (Å²) in [4.78, 5) is 5.11. The molecular formula is C10H5BrN2S. The van der Waals surface area contributed by atoms with Crippen molar-refractivity contribution in [1.29, 1.82) is 5.26 Å². The van der Waals surface area contributed by atoms with Gasteiger partial charge in [0, 0.05) is 16.6 Å². The van der Waals surface area contributed by atoms with Gasteiger partial charge in [-0.15, -0.1) is 11.3 Å². The molecule has 0 spiro atoms. The number of halogens is 1. The summed E-state index contributed by atoms with van der Waals surface area (Å²) in [6.07, 6.45) is 1.69. The first-order valence-corrected chi connectivity index (χ1v) is 5.58. The predicted octanol–water partition coefficient (Wildman–Crippen LogP) is 3.44. The molecule has 0 unspecified atom stereocenters. The highest BCUT2D eigenvalue weighted by Gasteiger charge is 2.09. The van der Waals surface area contributed by atoms with Crippen LogP contribution in [0.3, 0.4) is 0 Å². The van der Waals surface area contributed by atoms with Crippen molar-refractivity contribution >= 4 is 27.3 Å². The second kappa shape index (κ2) is 3.91. The van der Waals surface area contributed by atoms with Crippen LogP contribution < -0.4 is 0 Å². The summed E-state index contributed by atoms with van der Waals surface area (Å²) in [6, 6.07) is 7.97. The Balaban J connectivity index is 2.66. The topological polar surface area (TPSA) is 36.7 Å². The molecule has 2 rings (SSSR count). The van der Waals surface area contributed by atoms with E-state index in [0.29, 0.717) is 10.2 Å². The summed E-state index contributed by atoms with van der Waals surface area (Å²) < 4.78 is 0.603. The van der Waals surface area contributed by atoms with Crippen LogP contribution in [0.25, 0.3) is 10.4 Å². The van der Waals surface area contributed by atoms with E-state index in [1.807, 2.05) is 23.6 Å². The lowest BCUT2D eigenvalue weighted by molar-refractivity contribution is 1.25. The first-order chi connectivity index (χ1) is 6.83. The Labute approximate surface area is 94.0 Å². The number of hydrogen-bond acceptors (Lipinski definition) is 3. The molecular weight excluding hydrogens is 260 g/mol. The van der Waals surface area contributed by atoms with Crippen molar-refractivity contribution in [3.8, 4) is 16.5 Å². The zero-order valence-corrected chi connectivity index (χ0v) is 9.47. The third-order valence-electron chi connectivity index (χ3n) is 1.80. The first-order valence-electron chi connectivity index (χ1n) is 3.91. The van der Waals surface area contributed by atoms with Gasteiger partial charge in [0.15, 0.2) is 0 Å². The van der Waals surface area contributed by atoms with Gasteiger partial charge in [-0.3, -0.25) is 0 Å². The van der Waals surface area contributed by atoms with Crippen molar-refractivity contribution in [2.45, 2.75) is 0 Å². The van der Waals surface area contributed by atoms with Gasteiger partial charge in [-0.05, 0) is 33.4 Å². The number of rotatable bonds is 1. The monoisotopic (exact) mass is 264 g/mol. The number of aromatic nitrogens is 1. The predicted molar refractivity (Wildman–Crippen MR) is 60.0 cm³/mol. The fraction of sp³-hybridized carbons (Fsp3) is 0. The smallest absolute Gasteiger partial charge is 0.124 e. The fourth-order valence-electron chi connectivity index (χ4n) is 1.18. The molecule has 0 aliphatic carbocycles. The first kappa shape index (κ1) is 9.38. The number of thiophene rings is 1. The molecule has 0 radical (unpaired) electrons. The molecule has 0 saturated carbocycles. The van der Waals surface area contributed by atoms with Crippen LogP contribution in [0.1, 0.15) is 5.56 Å². The molecule has 0 aliphatic rings. The van der Waals surface area contributed by atoms with Gasteiger partial charge in [0.2, 0.25) is 0 Å². The average molecular weight is 265 g/mol. The van der Waals surface area contributed by atoms with E-state index in [-0.39, 0.29) is 0 Å². The molecule has 68 valence electrons. The minimum atomic E-state index is 0.593. The minimum absolute atomic E-state index is 0.593. The summed E-state index contributed by atoms with van der Waals surface area (Å²) in [5.74, 6) is 0. The zero-order chi connectivity index (χ0) is 9.97. The lowest BCUT2D eigenvalue weighted by Crippen LogP contribution is -1.86. The maximum atomic E-state index is 8.98. The van der Waals surface area contributed by atoms with Crippen LogP contribution in [0.4, 0.5) is 0 Å². The van der Waals surface area contributed by atoms with E-state index < -0.39 is 0 Å². The average Bonchev–Trinajstić information content (AvgIpc) is 2.70. The zero-order valence-electron chi connectivity index (χ0n) is 7.07. The molecule has 0 atom stereocenters. The Bertz CT molecular complexity index is 485. The Morgan fingerprint density at radius 3 is 2.93 bits per heavy atom. The molecule has 2 aromatic rings. The molecule has 0 aliphatic heterocycles. The Hall–Kier alpha value is -1.18. The lowest BCUT2D eigenvalue weighted by Gasteiger charge is -2.01. The van der Waals surface area contributed by atoms with E-state index in [4.69, 9.17) is 5.26 Å². The van der Waals surface area contributed by atoms with Crippen molar-refractivity contribution in [3.05, 3.63) is 39.9 Å². The molecule has 0 fully saturated rings. The van der Waals surface area contributed by atoms with Gasteiger partial charge in [-0.2, -0.15) is 5.26 Å². The van der Waals surface area contributed by atoms with Gasteiger partial charge in [0.25, 0.3) is 0 Å². The van der Waals surface area contributed by atoms with E-state index in [1.54, 1.807) is 17.5 Å². The van der Waals surface area contributed by atoms with Crippen LogP contribution in [0.15, 0.2) is 34.4 Å². The van der Waals surface area contributed by atoms with E-state index in [1.165, 1.54) is 0 Å². The third kappa shape index (κ3) is 1.57. The summed E-state index contributed by atoms with van der Waals surface area (Å²) in [5, 5.41) is 11.0. The highest BCUT2D eigenvalue weighted by molar-refractivity contribution is 9.10. The lowest BCUT2D eigenvalue weighted by atomic mass is 10.1. The second-order valence-corrected chi connectivity index (χ2v) is 4.31. The quantitative estimate of drug-likeness (QED) is 0.740. The van der Waals surface area contributed by atoms with Crippen molar-refractivity contribution in [1.82, 2.24) is 4.98 Å². The van der Waals surface area contributed by atoms with Crippen molar-refractivity contribution in [3.63, 3.8) is 0 Å². The van der Waals surface area contributed by atoms with Gasteiger partial charge < -0.3 is 0 Å². The largest absolute Gasteiger partial charge is 0.248 e. The van der Waals surface area contributed by atoms with Crippen LogP contribution in [-0.2, 0) is 0 Å². The second-order valence-electron chi connectivity index (χ2n) is 2.61. The molecule has 0 saturated heterocycles. The SMILES string of the molecule is N#Cc1c(-c2cccs2)ccnc1Br. The number of nitriles is 1. The normalized spacial score (nSPS) is 9.71. The number of nitrogens with zero attached hydrogens (tertiary/aromatic N) is 2. The van der Waals surface area contributed by atoms with Crippen LogP contribution >= 0.6 is 27.3 Å². The summed E-state index contributed by atoms with van der Waals surface area (Å²) in [5.41, 5.74) is 1.53. The molecule has 2 heterocycles. The van der Waals surface area contributed by atoms with Crippen molar-refractivity contribution in [2.75, 3.05) is 0 Å².